The lowest BCUT2D eigenvalue weighted by Crippen LogP contribution is -1.86. The topological polar surface area (TPSA) is 11.3 Å². The predicted molar refractivity (Wildman–Crippen MR) is 107 cm³/mol. The molecule has 0 unspecified atom stereocenters. The van der Waals surface area contributed by atoms with Crippen molar-refractivity contribution in [3.05, 3.63) is 102 Å². The first-order valence-electron chi connectivity index (χ1n) is 8.15. The summed E-state index contributed by atoms with van der Waals surface area (Å²) in [6, 6.07) is 32.8. The van der Waals surface area contributed by atoms with Crippen LogP contribution in [0.25, 0.3) is 33.8 Å². The molecule has 1 nitrogen and oxygen atoms in total. The highest BCUT2D eigenvalue weighted by molar-refractivity contribution is 9.10. The Kier molecular flexibility index (Phi) is 4.45. The fraction of sp³-hybridized carbons (Fsp3) is 0. The van der Waals surface area contributed by atoms with Gasteiger partial charge >= 0.3 is 11.5 Å². The Bertz CT molecular complexity index is 937. The average molecular weight is 388 g/mol. The number of hydrogen-bond donors (Lipinski definition) is 0. The first kappa shape index (κ1) is 15.8. The van der Waals surface area contributed by atoms with E-state index in [1.54, 1.807) is 0 Å². The highest BCUT2D eigenvalue weighted by Crippen LogP contribution is 2.35. The fourth-order valence-electron chi connectivity index (χ4n) is 2.84. The van der Waals surface area contributed by atoms with Crippen LogP contribution in [0.5, 0.6) is 0 Å². The van der Waals surface area contributed by atoms with E-state index in [1.807, 2.05) is 42.5 Å². The Hall–Kier alpha value is -2.71. The Labute approximate surface area is 155 Å². The van der Waals surface area contributed by atoms with Crippen molar-refractivity contribution in [1.29, 1.82) is 0 Å². The second-order valence-electron chi connectivity index (χ2n) is 5.79. The SMILES string of the molecule is Brc1ccccc1-c1cc(-c2ccccc2)[o+]c(-c2ccccc2)c1. The van der Waals surface area contributed by atoms with Gasteiger partial charge in [-0.2, -0.15) is 0 Å². The van der Waals surface area contributed by atoms with Crippen LogP contribution in [0.15, 0.2) is 106 Å². The molecule has 4 aromatic rings. The van der Waals surface area contributed by atoms with Crippen LogP contribution in [0.1, 0.15) is 0 Å². The maximum absolute atomic E-state index is 6.24. The van der Waals surface area contributed by atoms with Crippen LogP contribution in [0.3, 0.4) is 0 Å². The van der Waals surface area contributed by atoms with Gasteiger partial charge in [-0.1, -0.05) is 70.5 Å². The summed E-state index contributed by atoms with van der Waals surface area (Å²) >= 11 is 3.66. The van der Waals surface area contributed by atoms with Crippen LogP contribution in [0.2, 0.25) is 0 Å². The van der Waals surface area contributed by atoms with Gasteiger partial charge in [-0.05, 0) is 35.9 Å². The summed E-state index contributed by atoms with van der Waals surface area (Å²) in [5.74, 6) is 1.71. The molecule has 0 aliphatic carbocycles. The van der Waals surface area contributed by atoms with E-state index < -0.39 is 0 Å². The van der Waals surface area contributed by atoms with Gasteiger partial charge in [0, 0.05) is 10.0 Å². The first-order valence-corrected chi connectivity index (χ1v) is 8.94. The predicted octanol–water partition coefficient (Wildman–Crippen LogP) is 7.32. The molecule has 0 atom stereocenters. The van der Waals surface area contributed by atoms with Crippen molar-refractivity contribution in [3.63, 3.8) is 0 Å². The maximum atomic E-state index is 6.24. The van der Waals surface area contributed by atoms with Crippen molar-refractivity contribution in [2.45, 2.75) is 0 Å². The van der Waals surface area contributed by atoms with Crippen LogP contribution in [0, 0.1) is 0 Å². The Balaban J connectivity index is 1.94. The molecule has 0 radical (unpaired) electrons. The minimum Gasteiger partial charge on any atom is -0.207 e. The van der Waals surface area contributed by atoms with Gasteiger partial charge in [0.05, 0.1) is 23.3 Å². The van der Waals surface area contributed by atoms with Gasteiger partial charge in [-0.15, -0.1) is 0 Å². The second-order valence-corrected chi connectivity index (χ2v) is 6.64. The molecule has 3 aromatic carbocycles. The average Bonchev–Trinajstić information content (AvgIpc) is 2.69. The van der Waals surface area contributed by atoms with Gasteiger partial charge in [0.15, 0.2) is 0 Å². The van der Waals surface area contributed by atoms with Crippen LogP contribution >= 0.6 is 15.9 Å². The van der Waals surface area contributed by atoms with Crippen molar-refractivity contribution in [2.24, 2.45) is 0 Å². The lowest BCUT2D eigenvalue weighted by molar-refractivity contribution is 0.582. The molecule has 0 saturated heterocycles. The molecule has 25 heavy (non-hydrogen) atoms. The monoisotopic (exact) mass is 387 g/mol. The van der Waals surface area contributed by atoms with Gasteiger partial charge in [0.1, 0.15) is 0 Å². The van der Waals surface area contributed by atoms with E-state index in [2.05, 4.69) is 70.5 Å². The number of halogens is 1. The van der Waals surface area contributed by atoms with Gasteiger partial charge in [0.25, 0.3) is 0 Å². The summed E-state index contributed by atoms with van der Waals surface area (Å²) in [6.07, 6.45) is 0. The third-order valence-electron chi connectivity index (χ3n) is 4.09. The summed E-state index contributed by atoms with van der Waals surface area (Å²) in [6.45, 7) is 0. The molecular formula is C23H16BrO+. The van der Waals surface area contributed by atoms with E-state index in [1.165, 1.54) is 0 Å². The maximum Gasteiger partial charge on any atom is 0.361 e. The first-order chi connectivity index (χ1) is 12.3. The molecule has 0 fully saturated rings. The quantitative estimate of drug-likeness (QED) is 0.335. The van der Waals surface area contributed by atoms with Crippen LogP contribution in [-0.2, 0) is 0 Å². The fourth-order valence-corrected chi connectivity index (χ4v) is 3.36. The van der Waals surface area contributed by atoms with Gasteiger partial charge in [-0.25, -0.2) is 4.42 Å². The van der Waals surface area contributed by atoms with E-state index in [9.17, 15) is 0 Å². The van der Waals surface area contributed by atoms with Gasteiger partial charge < -0.3 is 0 Å². The molecular weight excluding hydrogens is 372 g/mol. The molecule has 2 heteroatoms. The van der Waals surface area contributed by atoms with E-state index in [0.717, 1.165) is 38.2 Å². The third-order valence-corrected chi connectivity index (χ3v) is 4.79. The van der Waals surface area contributed by atoms with Crippen LogP contribution < -0.4 is 0 Å². The van der Waals surface area contributed by atoms with Crippen molar-refractivity contribution in [3.8, 4) is 33.8 Å². The van der Waals surface area contributed by atoms with Crippen molar-refractivity contribution in [1.82, 2.24) is 0 Å². The largest absolute Gasteiger partial charge is 0.361 e. The van der Waals surface area contributed by atoms with Gasteiger partial charge in [-0.3, -0.25) is 0 Å². The molecule has 0 spiro atoms. The standard InChI is InChI=1S/C23H16BrO/c24-21-14-8-7-13-20(21)19-15-22(17-9-3-1-4-10-17)25-23(16-19)18-11-5-2-6-12-18/h1-16H/q+1. The summed E-state index contributed by atoms with van der Waals surface area (Å²) in [7, 11) is 0. The molecule has 0 aliphatic heterocycles. The second kappa shape index (κ2) is 7.04. The highest BCUT2D eigenvalue weighted by atomic mass is 79.9. The minimum atomic E-state index is 0.854. The summed E-state index contributed by atoms with van der Waals surface area (Å²) in [5, 5.41) is 0. The highest BCUT2D eigenvalue weighted by Gasteiger charge is 2.20. The lowest BCUT2D eigenvalue weighted by Gasteiger charge is -2.04. The normalized spacial score (nSPS) is 10.6. The molecule has 0 amide bonds. The molecule has 120 valence electrons. The third kappa shape index (κ3) is 3.40. The summed E-state index contributed by atoms with van der Waals surface area (Å²) < 4.78 is 7.30. The van der Waals surface area contributed by atoms with Gasteiger partial charge in [0.2, 0.25) is 0 Å². The lowest BCUT2D eigenvalue weighted by atomic mass is 10.0. The number of rotatable bonds is 3. The van der Waals surface area contributed by atoms with Crippen LogP contribution in [0.4, 0.5) is 0 Å². The molecule has 1 aromatic heterocycles. The zero-order valence-corrected chi connectivity index (χ0v) is 15.1. The Morgan fingerprint density at radius 2 is 1.00 bits per heavy atom. The molecule has 4 rings (SSSR count). The van der Waals surface area contributed by atoms with E-state index >= 15 is 0 Å². The van der Waals surface area contributed by atoms with Crippen molar-refractivity contribution < 1.29 is 4.42 Å². The summed E-state index contributed by atoms with van der Waals surface area (Å²) in [5.41, 5.74) is 4.39. The van der Waals surface area contributed by atoms with E-state index in [0.29, 0.717) is 0 Å². The molecule has 0 saturated carbocycles. The Morgan fingerprint density at radius 3 is 1.52 bits per heavy atom. The number of benzene rings is 3. The zero-order chi connectivity index (χ0) is 17.1. The molecule has 0 bridgehead atoms. The number of hydrogen-bond acceptors (Lipinski definition) is 0. The summed E-state index contributed by atoms with van der Waals surface area (Å²) in [4.78, 5) is 0. The molecule has 0 aliphatic rings. The minimum absolute atomic E-state index is 0.854. The van der Waals surface area contributed by atoms with E-state index in [-0.39, 0.29) is 0 Å². The zero-order valence-electron chi connectivity index (χ0n) is 13.5. The Morgan fingerprint density at radius 1 is 0.520 bits per heavy atom. The van der Waals surface area contributed by atoms with Crippen molar-refractivity contribution in [2.75, 3.05) is 0 Å². The van der Waals surface area contributed by atoms with Crippen LogP contribution in [-0.4, -0.2) is 0 Å². The van der Waals surface area contributed by atoms with Crippen molar-refractivity contribution >= 4 is 15.9 Å². The molecule has 0 N–H and O–H groups in total. The van der Waals surface area contributed by atoms with E-state index in [4.69, 9.17) is 4.42 Å². The smallest absolute Gasteiger partial charge is 0.207 e. The molecule has 1 heterocycles.